The molecule has 0 aliphatic heterocycles. The number of unbranched alkanes of at least 4 members (excludes halogenated alkanes) is 2. The van der Waals surface area contributed by atoms with Crippen LogP contribution in [-0.2, 0) is 12.8 Å². The summed E-state index contributed by atoms with van der Waals surface area (Å²) in [6.45, 7) is 1.42. The average Bonchev–Trinajstić information content (AvgIpc) is 2.38. The molecule has 1 aliphatic carbocycles. The van der Waals surface area contributed by atoms with Crippen LogP contribution in [-0.4, -0.2) is 24.3 Å². The van der Waals surface area contributed by atoms with Crippen molar-refractivity contribution in [3.05, 3.63) is 35.4 Å². The Bertz CT molecular complexity index is 337. The highest BCUT2D eigenvalue weighted by Crippen LogP contribution is 2.20. The smallest absolute Gasteiger partial charge is 0.0431 e. The van der Waals surface area contributed by atoms with Crippen molar-refractivity contribution >= 4 is 0 Å². The number of fused-ring (bicyclic) bond motifs is 1. The van der Waals surface area contributed by atoms with Crippen molar-refractivity contribution in [3.63, 3.8) is 0 Å². The van der Waals surface area contributed by atoms with E-state index < -0.39 is 0 Å². The van der Waals surface area contributed by atoms with E-state index in [0.717, 1.165) is 19.4 Å². The number of aliphatic hydroxyl groups is 1. The molecule has 1 atom stereocenters. The van der Waals surface area contributed by atoms with Gasteiger partial charge in [-0.1, -0.05) is 24.3 Å². The van der Waals surface area contributed by atoms with Crippen LogP contribution in [0, 0.1) is 0 Å². The molecule has 2 heteroatoms. The van der Waals surface area contributed by atoms with Crippen LogP contribution < -0.4 is 5.32 Å². The summed E-state index contributed by atoms with van der Waals surface area (Å²) < 4.78 is 0. The number of nitrogens with one attached hydrogen (secondary N) is 1. The van der Waals surface area contributed by atoms with Gasteiger partial charge < -0.3 is 10.4 Å². The number of aryl methyl sites for hydroxylation is 1. The Hall–Kier alpha value is -0.860. The summed E-state index contributed by atoms with van der Waals surface area (Å²) in [4.78, 5) is 0. The zero-order valence-corrected chi connectivity index (χ0v) is 10.5. The summed E-state index contributed by atoms with van der Waals surface area (Å²) in [5.41, 5.74) is 3.05. The van der Waals surface area contributed by atoms with Crippen LogP contribution in [0.2, 0.25) is 0 Å². The fraction of sp³-hybridized carbons (Fsp3) is 0.600. The Kier molecular flexibility index (Phi) is 5.02. The molecular formula is C15H23NO. The molecule has 0 radical (unpaired) electrons. The number of hydrogen-bond acceptors (Lipinski definition) is 2. The van der Waals surface area contributed by atoms with Gasteiger partial charge in [-0.25, -0.2) is 0 Å². The number of rotatable bonds is 6. The van der Waals surface area contributed by atoms with Crippen LogP contribution in [0.4, 0.5) is 0 Å². The van der Waals surface area contributed by atoms with Crippen molar-refractivity contribution in [2.24, 2.45) is 0 Å². The van der Waals surface area contributed by atoms with Crippen molar-refractivity contribution in [3.8, 4) is 0 Å². The second-order valence-electron chi connectivity index (χ2n) is 4.95. The first-order chi connectivity index (χ1) is 8.40. The van der Waals surface area contributed by atoms with Gasteiger partial charge >= 0.3 is 0 Å². The lowest BCUT2D eigenvalue weighted by molar-refractivity contribution is 0.282. The van der Waals surface area contributed by atoms with E-state index >= 15 is 0 Å². The van der Waals surface area contributed by atoms with Crippen molar-refractivity contribution in [2.45, 2.75) is 44.6 Å². The minimum absolute atomic E-state index is 0.330. The van der Waals surface area contributed by atoms with Gasteiger partial charge in [0.2, 0.25) is 0 Å². The van der Waals surface area contributed by atoms with E-state index in [-0.39, 0.29) is 0 Å². The first-order valence-electron chi connectivity index (χ1n) is 6.81. The molecular weight excluding hydrogens is 210 g/mol. The second-order valence-corrected chi connectivity index (χ2v) is 4.95. The van der Waals surface area contributed by atoms with Crippen molar-refractivity contribution < 1.29 is 5.11 Å². The predicted molar refractivity (Wildman–Crippen MR) is 71.2 cm³/mol. The van der Waals surface area contributed by atoms with Crippen LogP contribution in [0.1, 0.15) is 36.8 Å². The fourth-order valence-electron chi connectivity index (χ4n) is 2.59. The lowest BCUT2D eigenvalue weighted by atomic mass is 9.88. The van der Waals surface area contributed by atoms with Crippen LogP contribution in [0.3, 0.4) is 0 Å². The molecule has 1 unspecified atom stereocenters. The first-order valence-corrected chi connectivity index (χ1v) is 6.81. The summed E-state index contributed by atoms with van der Waals surface area (Å²) in [7, 11) is 0. The fourth-order valence-corrected chi connectivity index (χ4v) is 2.59. The maximum absolute atomic E-state index is 8.70. The van der Waals surface area contributed by atoms with E-state index in [1.54, 1.807) is 0 Å². The van der Waals surface area contributed by atoms with Crippen molar-refractivity contribution in [1.29, 1.82) is 0 Å². The average molecular weight is 233 g/mol. The molecule has 0 saturated heterocycles. The van der Waals surface area contributed by atoms with Gasteiger partial charge in [-0.15, -0.1) is 0 Å². The molecule has 2 rings (SSSR count). The maximum Gasteiger partial charge on any atom is 0.0431 e. The Balaban J connectivity index is 1.71. The molecule has 1 aliphatic rings. The molecule has 0 heterocycles. The van der Waals surface area contributed by atoms with Gasteiger partial charge in [0.15, 0.2) is 0 Å². The van der Waals surface area contributed by atoms with Crippen LogP contribution in [0.5, 0.6) is 0 Å². The molecule has 0 aromatic heterocycles. The Morgan fingerprint density at radius 2 is 1.94 bits per heavy atom. The highest BCUT2D eigenvalue weighted by atomic mass is 16.2. The SMILES string of the molecule is OCCCCCNC1CCc2ccccc2C1. The molecule has 0 bridgehead atoms. The molecule has 0 saturated carbocycles. The van der Waals surface area contributed by atoms with E-state index in [1.165, 1.54) is 36.8 Å². The first kappa shape index (κ1) is 12.6. The summed E-state index contributed by atoms with van der Waals surface area (Å²) in [5, 5.41) is 12.3. The van der Waals surface area contributed by atoms with Crippen LogP contribution in [0.25, 0.3) is 0 Å². The third-order valence-corrected chi connectivity index (χ3v) is 3.61. The molecule has 2 N–H and O–H groups in total. The minimum atomic E-state index is 0.330. The van der Waals surface area contributed by atoms with Gasteiger partial charge in [-0.05, 0) is 56.2 Å². The van der Waals surface area contributed by atoms with Gasteiger partial charge in [0.25, 0.3) is 0 Å². The minimum Gasteiger partial charge on any atom is -0.396 e. The quantitative estimate of drug-likeness (QED) is 0.739. The highest BCUT2D eigenvalue weighted by molar-refractivity contribution is 5.30. The van der Waals surface area contributed by atoms with Crippen molar-refractivity contribution in [2.75, 3.05) is 13.2 Å². The van der Waals surface area contributed by atoms with Gasteiger partial charge in [0.1, 0.15) is 0 Å². The van der Waals surface area contributed by atoms with E-state index in [4.69, 9.17) is 5.11 Å². The van der Waals surface area contributed by atoms with E-state index in [0.29, 0.717) is 12.6 Å². The zero-order valence-electron chi connectivity index (χ0n) is 10.5. The summed E-state index contributed by atoms with van der Waals surface area (Å²) in [6.07, 6.45) is 6.90. The van der Waals surface area contributed by atoms with E-state index in [9.17, 15) is 0 Å². The van der Waals surface area contributed by atoms with Crippen LogP contribution >= 0.6 is 0 Å². The molecule has 2 nitrogen and oxygen atoms in total. The van der Waals surface area contributed by atoms with Gasteiger partial charge in [-0.3, -0.25) is 0 Å². The van der Waals surface area contributed by atoms with Gasteiger partial charge in [0, 0.05) is 12.6 Å². The zero-order chi connectivity index (χ0) is 11.9. The number of benzene rings is 1. The molecule has 0 spiro atoms. The third kappa shape index (κ3) is 3.83. The summed E-state index contributed by atoms with van der Waals surface area (Å²) >= 11 is 0. The normalized spacial score (nSPS) is 19.0. The predicted octanol–water partition coefficient (Wildman–Crippen LogP) is 2.30. The lowest BCUT2D eigenvalue weighted by Crippen LogP contribution is -2.35. The largest absolute Gasteiger partial charge is 0.396 e. The second kappa shape index (κ2) is 6.77. The standard InChI is InChI=1S/C15H23NO/c17-11-5-1-4-10-16-15-9-8-13-6-2-3-7-14(13)12-15/h2-3,6-7,15-17H,1,4-5,8-12H2. The number of aliphatic hydroxyl groups excluding tert-OH is 1. The van der Waals surface area contributed by atoms with Crippen molar-refractivity contribution in [1.82, 2.24) is 5.32 Å². The molecule has 1 aromatic carbocycles. The van der Waals surface area contributed by atoms with Gasteiger partial charge in [0.05, 0.1) is 0 Å². The monoisotopic (exact) mass is 233 g/mol. The van der Waals surface area contributed by atoms with E-state index in [2.05, 4.69) is 29.6 Å². The molecule has 1 aromatic rings. The summed E-state index contributed by atoms with van der Waals surface area (Å²) in [6, 6.07) is 9.45. The Morgan fingerprint density at radius 3 is 2.76 bits per heavy atom. The molecule has 0 amide bonds. The molecule has 17 heavy (non-hydrogen) atoms. The highest BCUT2D eigenvalue weighted by Gasteiger charge is 2.16. The van der Waals surface area contributed by atoms with Gasteiger partial charge in [-0.2, -0.15) is 0 Å². The number of hydrogen-bond donors (Lipinski definition) is 2. The topological polar surface area (TPSA) is 32.3 Å². The maximum atomic E-state index is 8.70. The Labute approximate surface area is 104 Å². The van der Waals surface area contributed by atoms with E-state index in [1.807, 2.05) is 0 Å². The van der Waals surface area contributed by atoms with Crippen LogP contribution in [0.15, 0.2) is 24.3 Å². The Morgan fingerprint density at radius 1 is 1.12 bits per heavy atom. The lowest BCUT2D eigenvalue weighted by Gasteiger charge is -2.25. The molecule has 0 fully saturated rings. The third-order valence-electron chi connectivity index (χ3n) is 3.61. The summed E-state index contributed by atoms with van der Waals surface area (Å²) in [5.74, 6) is 0. The molecule has 94 valence electrons.